The number of amidine groups is 1. The van der Waals surface area contributed by atoms with Crippen LogP contribution in [0.2, 0.25) is 0 Å². The number of halogens is 3. The molecule has 1 heterocycles. The first-order valence-electron chi connectivity index (χ1n) is 4.98. The van der Waals surface area contributed by atoms with Crippen LogP contribution >= 0.6 is 0 Å². The van der Waals surface area contributed by atoms with E-state index >= 15 is 0 Å². The Labute approximate surface area is 103 Å². The van der Waals surface area contributed by atoms with Crippen molar-refractivity contribution in [1.82, 2.24) is 4.98 Å². The molecular weight excluding hydrogens is 243 g/mol. The minimum Gasteiger partial charge on any atom is -0.384 e. The summed E-state index contributed by atoms with van der Waals surface area (Å²) in [5.74, 6) is 0.195. The highest BCUT2D eigenvalue weighted by atomic mass is 19.4. The summed E-state index contributed by atoms with van der Waals surface area (Å²) < 4.78 is 38.2. The van der Waals surface area contributed by atoms with Crippen molar-refractivity contribution in [3.05, 3.63) is 48.3 Å². The smallest absolute Gasteiger partial charge is 0.384 e. The SMILES string of the molecule is C=C(/C=C\C(N)=NC)c1ncccc1C(F)(F)F. The third-order valence-electron chi connectivity index (χ3n) is 2.13. The van der Waals surface area contributed by atoms with Crippen LogP contribution in [0.4, 0.5) is 13.2 Å². The number of hydrogen-bond acceptors (Lipinski definition) is 2. The molecule has 0 aliphatic carbocycles. The van der Waals surface area contributed by atoms with Crippen LogP contribution in [0.5, 0.6) is 0 Å². The Morgan fingerprint density at radius 2 is 2.11 bits per heavy atom. The fourth-order valence-electron chi connectivity index (χ4n) is 1.23. The zero-order valence-electron chi connectivity index (χ0n) is 9.70. The molecule has 0 radical (unpaired) electrons. The monoisotopic (exact) mass is 255 g/mol. The van der Waals surface area contributed by atoms with Gasteiger partial charge in [0.25, 0.3) is 0 Å². The topological polar surface area (TPSA) is 51.3 Å². The summed E-state index contributed by atoms with van der Waals surface area (Å²) in [4.78, 5) is 7.35. The third kappa shape index (κ3) is 3.44. The third-order valence-corrected chi connectivity index (χ3v) is 2.13. The molecule has 96 valence electrons. The zero-order chi connectivity index (χ0) is 13.8. The van der Waals surface area contributed by atoms with Gasteiger partial charge in [0.15, 0.2) is 0 Å². The highest BCUT2D eigenvalue weighted by Gasteiger charge is 2.34. The molecule has 1 aromatic heterocycles. The Hall–Kier alpha value is -2.11. The molecule has 0 aliphatic heterocycles. The number of aliphatic imine (C=N–C) groups is 1. The van der Waals surface area contributed by atoms with Gasteiger partial charge in [-0.2, -0.15) is 13.2 Å². The van der Waals surface area contributed by atoms with E-state index < -0.39 is 11.7 Å². The normalized spacial score (nSPS) is 13.0. The highest BCUT2D eigenvalue weighted by Crippen LogP contribution is 2.33. The van der Waals surface area contributed by atoms with Crippen LogP contribution in [-0.2, 0) is 6.18 Å². The molecule has 6 heteroatoms. The quantitative estimate of drug-likeness (QED) is 0.513. The maximum absolute atomic E-state index is 12.7. The molecule has 3 nitrogen and oxygen atoms in total. The maximum Gasteiger partial charge on any atom is 0.418 e. The Balaban J connectivity index is 3.11. The molecule has 2 N–H and O–H groups in total. The van der Waals surface area contributed by atoms with Crippen LogP contribution in [0, 0.1) is 0 Å². The molecule has 18 heavy (non-hydrogen) atoms. The van der Waals surface area contributed by atoms with E-state index in [0.717, 1.165) is 6.07 Å². The lowest BCUT2D eigenvalue weighted by Gasteiger charge is -2.11. The number of aromatic nitrogens is 1. The summed E-state index contributed by atoms with van der Waals surface area (Å²) in [5, 5.41) is 0. The molecule has 0 unspecified atom stereocenters. The minimum absolute atomic E-state index is 0.120. The Kier molecular flexibility index (Phi) is 4.25. The number of allylic oxidation sites excluding steroid dienone is 2. The number of pyridine rings is 1. The van der Waals surface area contributed by atoms with Gasteiger partial charge in [0, 0.05) is 13.2 Å². The summed E-state index contributed by atoms with van der Waals surface area (Å²) in [6.45, 7) is 3.55. The van der Waals surface area contributed by atoms with Gasteiger partial charge in [0.2, 0.25) is 0 Å². The largest absolute Gasteiger partial charge is 0.418 e. The average molecular weight is 255 g/mol. The number of nitrogens with two attached hydrogens (primary N) is 1. The summed E-state index contributed by atoms with van der Waals surface area (Å²) in [5.41, 5.74) is 4.48. The van der Waals surface area contributed by atoms with Crippen LogP contribution in [0.15, 0.2) is 42.1 Å². The summed E-state index contributed by atoms with van der Waals surface area (Å²) in [6.07, 6.45) is -0.470. The highest BCUT2D eigenvalue weighted by molar-refractivity contribution is 5.93. The summed E-state index contributed by atoms with van der Waals surface area (Å²) in [6, 6.07) is 2.18. The first-order chi connectivity index (χ1) is 8.36. The van der Waals surface area contributed by atoms with Crippen LogP contribution < -0.4 is 5.73 Å². The van der Waals surface area contributed by atoms with Gasteiger partial charge in [-0.05, 0) is 29.9 Å². The van der Waals surface area contributed by atoms with E-state index in [1.165, 1.54) is 31.5 Å². The van der Waals surface area contributed by atoms with Crippen molar-refractivity contribution in [3.8, 4) is 0 Å². The van der Waals surface area contributed by atoms with Crippen molar-refractivity contribution in [2.75, 3.05) is 7.05 Å². The van der Waals surface area contributed by atoms with Gasteiger partial charge in [-0.15, -0.1) is 0 Å². The zero-order valence-corrected chi connectivity index (χ0v) is 9.70. The second kappa shape index (κ2) is 5.48. The molecule has 0 saturated carbocycles. The molecule has 0 spiro atoms. The second-order valence-corrected chi connectivity index (χ2v) is 3.40. The molecule has 1 aromatic rings. The van der Waals surface area contributed by atoms with Gasteiger partial charge in [0.1, 0.15) is 5.84 Å². The second-order valence-electron chi connectivity index (χ2n) is 3.40. The Morgan fingerprint density at radius 1 is 1.44 bits per heavy atom. The molecule has 0 atom stereocenters. The molecule has 1 rings (SSSR count). The van der Waals surface area contributed by atoms with Crippen molar-refractivity contribution in [1.29, 1.82) is 0 Å². The van der Waals surface area contributed by atoms with Gasteiger partial charge in [0.05, 0.1) is 11.3 Å². The van der Waals surface area contributed by atoms with Crippen LogP contribution in [0.3, 0.4) is 0 Å². The van der Waals surface area contributed by atoms with Crippen LogP contribution in [0.1, 0.15) is 11.3 Å². The van der Waals surface area contributed by atoms with E-state index in [2.05, 4.69) is 16.6 Å². The number of rotatable bonds is 3. The minimum atomic E-state index is -4.47. The van der Waals surface area contributed by atoms with Gasteiger partial charge in [-0.1, -0.05) is 6.58 Å². The fourth-order valence-corrected chi connectivity index (χ4v) is 1.23. The van der Waals surface area contributed by atoms with Gasteiger partial charge >= 0.3 is 6.18 Å². The van der Waals surface area contributed by atoms with Crippen molar-refractivity contribution in [2.24, 2.45) is 10.7 Å². The molecule has 0 bridgehead atoms. The molecule has 0 aromatic carbocycles. The first-order valence-corrected chi connectivity index (χ1v) is 4.98. The molecule has 0 saturated heterocycles. The molecule has 0 aliphatic rings. The van der Waals surface area contributed by atoms with Crippen molar-refractivity contribution in [3.63, 3.8) is 0 Å². The van der Waals surface area contributed by atoms with Crippen molar-refractivity contribution < 1.29 is 13.2 Å². The van der Waals surface area contributed by atoms with Crippen LogP contribution in [0.25, 0.3) is 5.57 Å². The predicted molar refractivity (Wildman–Crippen MR) is 65.0 cm³/mol. The lowest BCUT2D eigenvalue weighted by atomic mass is 10.1. The predicted octanol–water partition coefficient (Wildman–Crippen LogP) is 2.66. The van der Waals surface area contributed by atoms with Gasteiger partial charge in [-0.3, -0.25) is 9.98 Å². The maximum atomic E-state index is 12.7. The van der Waals surface area contributed by atoms with Gasteiger partial charge < -0.3 is 5.73 Å². The molecular formula is C12H12F3N3. The van der Waals surface area contributed by atoms with Gasteiger partial charge in [-0.25, -0.2) is 0 Å². The van der Waals surface area contributed by atoms with E-state index in [1.807, 2.05) is 0 Å². The van der Waals surface area contributed by atoms with E-state index in [9.17, 15) is 13.2 Å². The molecule has 0 fully saturated rings. The van der Waals surface area contributed by atoms with Crippen LogP contribution in [-0.4, -0.2) is 17.9 Å². The van der Waals surface area contributed by atoms with E-state index in [1.54, 1.807) is 0 Å². The lowest BCUT2D eigenvalue weighted by molar-refractivity contribution is -0.138. The number of nitrogens with zero attached hydrogens (tertiary/aromatic N) is 2. The number of hydrogen-bond donors (Lipinski definition) is 1. The number of alkyl halides is 3. The Bertz CT molecular complexity index is 502. The van der Waals surface area contributed by atoms with Crippen molar-refractivity contribution in [2.45, 2.75) is 6.18 Å². The van der Waals surface area contributed by atoms with Crippen molar-refractivity contribution >= 4 is 11.4 Å². The average Bonchev–Trinajstić information content (AvgIpc) is 2.34. The lowest BCUT2D eigenvalue weighted by Crippen LogP contribution is -2.10. The summed E-state index contributed by atoms with van der Waals surface area (Å²) in [7, 11) is 1.48. The Morgan fingerprint density at radius 3 is 2.67 bits per heavy atom. The molecule has 0 amide bonds. The first kappa shape index (κ1) is 14.0. The van der Waals surface area contributed by atoms with E-state index in [4.69, 9.17) is 5.73 Å². The van der Waals surface area contributed by atoms with E-state index in [-0.39, 0.29) is 17.1 Å². The standard InChI is InChI=1S/C12H12F3N3/c1-8(5-6-10(16)17-2)11-9(12(13,14)15)4-3-7-18-11/h3-7H,1H2,2H3,(H2,16,17)/b6-5-. The summed E-state index contributed by atoms with van der Waals surface area (Å²) >= 11 is 0. The fraction of sp³-hybridized carbons (Fsp3) is 0.167. The van der Waals surface area contributed by atoms with E-state index in [0.29, 0.717) is 0 Å².